The monoisotopic (exact) mass is 396 g/mol. The first-order valence-corrected chi connectivity index (χ1v) is 9.52. The van der Waals surface area contributed by atoms with Crippen LogP contribution >= 0.6 is 0 Å². The third-order valence-electron chi connectivity index (χ3n) is 5.76. The van der Waals surface area contributed by atoms with Gasteiger partial charge in [0.25, 0.3) is 0 Å². The minimum absolute atomic E-state index is 0.109. The van der Waals surface area contributed by atoms with Gasteiger partial charge in [-0.2, -0.15) is 0 Å². The number of aromatic nitrogens is 2. The van der Waals surface area contributed by atoms with E-state index in [1.54, 1.807) is 36.7 Å². The molecule has 0 amide bonds. The second-order valence-electron chi connectivity index (χ2n) is 7.43. The predicted octanol–water partition coefficient (Wildman–Crippen LogP) is 4.21. The Morgan fingerprint density at radius 2 is 1.20 bits per heavy atom. The molecule has 0 aliphatic carbocycles. The molecule has 0 bridgehead atoms. The third kappa shape index (κ3) is 2.40. The highest BCUT2D eigenvalue weighted by Crippen LogP contribution is 2.25. The number of fused-ring (bicyclic) bond motifs is 4. The number of aryl methyl sites for hydroxylation is 2. The maximum Gasteiger partial charge on any atom is 0.197 e. The Labute approximate surface area is 170 Å². The topological polar surface area (TPSA) is 44.0 Å². The molecular weight excluding hydrogens is 379 g/mol. The molecule has 0 unspecified atom stereocenters. The standard InChI is InChI=1S/C25H17FN2O2/c1-4-5-14-6-8-16-20(10-14)27(2)22-12-19-23(13-18(22)24(16)29)28(3)21-11-15(26)7-9-17(21)25(19)30/h6-13H,1-3H3. The van der Waals surface area contributed by atoms with Gasteiger partial charge in [0, 0.05) is 41.2 Å². The first kappa shape index (κ1) is 18.1. The highest BCUT2D eigenvalue weighted by molar-refractivity contribution is 6.03. The molecular formula is C25H17FN2O2. The minimum atomic E-state index is -0.412. The van der Waals surface area contributed by atoms with Crippen molar-refractivity contribution >= 4 is 43.6 Å². The number of nitrogens with zero attached hydrogens (tertiary/aromatic N) is 2. The summed E-state index contributed by atoms with van der Waals surface area (Å²) in [5, 5.41) is 2.03. The fourth-order valence-corrected chi connectivity index (χ4v) is 4.24. The van der Waals surface area contributed by atoms with Crippen LogP contribution in [0.5, 0.6) is 0 Å². The highest BCUT2D eigenvalue weighted by atomic mass is 19.1. The van der Waals surface area contributed by atoms with E-state index in [1.807, 2.05) is 23.7 Å². The van der Waals surface area contributed by atoms with Crippen LogP contribution in [0.2, 0.25) is 0 Å². The molecule has 30 heavy (non-hydrogen) atoms. The lowest BCUT2D eigenvalue weighted by atomic mass is 10.0. The number of rotatable bonds is 0. The normalized spacial score (nSPS) is 11.3. The van der Waals surface area contributed by atoms with Crippen LogP contribution in [0, 0.1) is 17.7 Å². The highest BCUT2D eigenvalue weighted by Gasteiger charge is 2.15. The van der Waals surface area contributed by atoms with Crippen molar-refractivity contribution in [2.75, 3.05) is 0 Å². The van der Waals surface area contributed by atoms with Gasteiger partial charge in [-0.25, -0.2) is 4.39 Å². The van der Waals surface area contributed by atoms with Crippen LogP contribution in [0.1, 0.15) is 12.5 Å². The molecule has 0 fully saturated rings. The third-order valence-corrected chi connectivity index (χ3v) is 5.76. The molecule has 0 N–H and O–H groups in total. The molecule has 0 spiro atoms. The van der Waals surface area contributed by atoms with E-state index >= 15 is 0 Å². The van der Waals surface area contributed by atoms with Gasteiger partial charge >= 0.3 is 0 Å². The van der Waals surface area contributed by atoms with Crippen molar-refractivity contribution < 1.29 is 4.39 Å². The van der Waals surface area contributed by atoms with Crippen LogP contribution in [0.4, 0.5) is 4.39 Å². The van der Waals surface area contributed by atoms with Crippen molar-refractivity contribution in [3.63, 3.8) is 0 Å². The van der Waals surface area contributed by atoms with Gasteiger partial charge in [-0.3, -0.25) is 9.59 Å². The first-order chi connectivity index (χ1) is 14.4. The summed E-state index contributed by atoms with van der Waals surface area (Å²) in [7, 11) is 3.65. The summed E-state index contributed by atoms with van der Waals surface area (Å²) >= 11 is 0. The summed E-state index contributed by atoms with van der Waals surface area (Å²) in [6.07, 6.45) is 0. The van der Waals surface area contributed by atoms with E-state index in [1.165, 1.54) is 18.2 Å². The van der Waals surface area contributed by atoms with Gasteiger partial charge < -0.3 is 9.13 Å². The lowest BCUT2D eigenvalue weighted by molar-refractivity contribution is 0.629. The van der Waals surface area contributed by atoms with Gasteiger partial charge in [-0.1, -0.05) is 5.92 Å². The van der Waals surface area contributed by atoms with Crippen molar-refractivity contribution in [1.29, 1.82) is 0 Å². The Hall–Kier alpha value is -3.91. The van der Waals surface area contributed by atoms with Crippen LogP contribution in [0.25, 0.3) is 43.6 Å². The maximum atomic E-state index is 13.8. The van der Waals surface area contributed by atoms with Crippen LogP contribution in [0.15, 0.2) is 58.1 Å². The van der Waals surface area contributed by atoms with E-state index in [-0.39, 0.29) is 10.9 Å². The number of halogens is 1. The summed E-state index contributed by atoms with van der Waals surface area (Å²) in [5.74, 6) is 5.48. The Morgan fingerprint density at radius 1 is 0.700 bits per heavy atom. The van der Waals surface area contributed by atoms with Crippen LogP contribution in [-0.4, -0.2) is 9.13 Å². The van der Waals surface area contributed by atoms with E-state index in [0.717, 1.165) is 11.1 Å². The molecule has 0 saturated heterocycles. The summed E-state index contributed by atoms with van der Waals surface area (Å²) < 4.78 is 17.5. The lowest BCUT2D eigenvalue weighted by Gasteiger charge is -2.15. The van der Waals surface area contributed by atoms with Gasteiger partial charge in [0.2, 0.25) is 0 Å². The largest absolute Gasteiger partial charge is 0.343 e. The van der Waals surface area contributed by atoms with Gasteiger partial charge in [-0.05, 0) is 55.5 Å². The minimum Gasteiger partial charge on any atom is -0.343 e. The molecule has 0 saturated carbocycles. The van der Waals surface area contributed by atoms with Gasteiger partial charge in [-0.15, -0.1) is 5.92 Å². The zero-order valence-electron chi connectivity index (χ0n) is 16.7. The molecule has 0 radical (unpaired) electrons. The second kappa shape index (κ2) is 6.30. The van der Waals surface area contributed by atoms with E-state index in [2.05, 4.69) is 11.8 Å². The van der Waals surface area contributed by atoms with Crippen molar-refractivity contribution in [3.8, 4) is 11.8 Å². The van der Waals surface area contributed by atoms with Crippen molar-refractivity contribution in [1.82, 2.24) is 9.13 Å². The SMILES string of the molecule is CC#Cc1ccc2c(=O)c3cc4c(cc3n(C)c2c1)c(=O)c1ccc(F)cc1n4C. The summed E-state index contributed by atoms with van der Waals surface area (Å²) in [6, 6.07) is 13.1. The van der Waals surface area contributed by atoms with Crippen LogP contribution in [-0.2, 0) is 14.1 Å². The molecule has 0 aliphatic rings. The number of hydrogen-bond donors (Lipinski definition) is 0. The van der Waals surface area contributed by atoms with E-state index in [4.69, 9.17) is 0 Å². The summed E-state index contributed by atoms with van der Waals surface area (Å²) in [6.45, 7) is 1.77. The Morgan fingerprint density at radius 3 is 1.77 bits per heavy atom. The van der Waals surface area contributed by atoms with Gasteiger partial charge in [0.05, 0.1) is 22.1 Å². The number of benzene rings is 3. The zero-order valence-corrected chi connectivity index (χ0v) is 16.7. The fraction of sp³-hybridized carbons (Fsp3) is 0.120. The van der Waals surface area contributed by atoms with Gasteiger partial charge in [0.1, 0.15) is 5.82 Å². The maximum absolute atomic E-state index is 13.8. The zero-order chi connectivity index (χ0) is 21.2. The number of hydrogen-bond acceptors (Lipinski definition) is 2. The van der Waals surface area contributed by atoms with Crippen molar-refractivity contribution in [3.05, 3.63) is 80.4 Å². The Balaban J connectivity index is 2.02. The molecule has 3 aromatic carbocycles. The van der Waals surface area contributed by atoms with Gasteiger partial charge in [0.15, 0.2) is 10.9 Å². The quantitative estimate of drug-likeness (QED) is 0.291. The van der Waals surface area contributed by atoms with E-state index in [9.17, 15) is 14.0 Å². The average molecular weight is 396 g/mol. The lowest BCUT2D eigenvalue weighted by Crippen LogP contribution is -2.13. The number of pyridine rings is 2. The molecule has 0 atom stereocenters. The molecule has 5 heteroatoms. The summed E-state index contributed by atoms with van der Waals surface area (Å²) in [4.78, 5) is 26.4. The van der Waals surface area contributed by atoms with Crippen molar-refractivity contribution in [2.24, 2.45) is 14.1 Å². The molecule has 2 aromatic heterocycles. The molecule has 2 heterocycles. The molecule has 0 aliphatic heterocycles. The van der Waals surface area contributed by atoms with E-state index in [0.29, 0.717) is 38.1 Å². The molecule has 5 rings (SSSR count). The molecule has 5 aromatic rings. The second-order valence-corrected chi connectivity index (χ2v) is 7.43. The predicted molar refractivity (Wildman–Crippen MR) is 119 cm³/mol. The average Bonchev–Trinajstić information content (AvgIpc) is 2.75. The molecule has 146 valence electrons. The first-order valence-electron chi connectivity index (χ1n) is 9.52. The molecule has 4 nitrogen and oxygen atoms in total. The Kier molecular flexibility index (Phi) is 3.81. The van der Waals surface area contributed by atoms with E-state index < -0.39 is 5.82 Å². The van der Waals surface area contributed by atoms with Crippen LogP contribution < -0.4 is 10.9 Å². The Bertz CT molecular complexity index is 1730. The van der Waals surface area contributed by atoms with Crippen LogP contribution in [0.3, 0.4) is 0 Å². The summed E-state index contributed by atoms with van der Waals surface area (Å²) in [5.41, 5.74) is 3.04. The smallest absolute Gasteiger partial charge is 0.197 e. The van der Waals surface area contributed by atoms with Crippen molar-refractivity contribution in [2.45, 2.75) is 6.92 Å². The fourth-order valence-electron chi connectivity index (χ4n) is 4.24.